The fourth-order valence-corrected chi connectivity index (χ4v) is 2.09. The molecule has 6 heteroatoms. The lowest BCUT2D eigenvalue weighted by Crippen LogP contribution is -2.14. The zero-order valence-electron chi connectivity index (χ0n) is 10.0. The predicted molar refractivity (Wildman–Crippen MR) is 73.7 cm³/mol. The molecule has 5 nitrogen and oxygen atoms in total. The van der Waals surface area contributed by atoms with Crippen molar-refractivity contribution in [1.29, 1.82) is 0 Å². The zero-order valence-corrected chi connectivity index (χ0v) is 11.6. The highest BCUT2D eigenvalue weighted by Gasteiger charge is 2.06. The highest BCUT2D eigenvalue weighted by molar-refractivity contribution is 9.10. The van der Waals surface area contributed by atoms with Gasteiger partial charge in [0.1, 0.15) is 6.33 Å². The van der Waals surface area contributed by atoms with Gasteiger partial charge in [-0.15, -0.1) is 0 Å². The number of carboxylic acid groups (broad SMARTS) is 1. The van der Waals surface area contributed by atoms with Crippen LogP contribution in [0.3, 0.4) is 0 Å². The van der Waals surface area contributed by atoms with E-state index in [2.05, 4.69) is 31.2 Å². The molecule has 2 aromatic rings. The number of carbonyl (C=O) groups is 1. The lowest BCUT2D eigenvalue weighted by atomic mass is 10.1. The predicted octanol–water partition coefficient (Wildman–Crippen LogP) is 2.23. The lowest BCUT2D eigenvalue weighted by molar-refractivity contribution is 0.0697. The molecule has 2 rings (SSSR count). The quantitative estimate of drug-likeness (QED) is 0.883. The monoisotopic (exact) mass is 321 g/mol. The Morgan fingerprint density at radius 2 is 2.16 bits per heavy atom. The molecule has 0 radical (unpaired) electrons. The van der Waals surface area contributed by atoms with Gasteiger partial charge >= 0.3 is 5.97 Å². The van der Waals surface area contributed by atoms with Crippen molar-refractivity contribution in [2.45, 2.75) is 13.1 Å². The highest BCUT2D eigenvalue weighted by atomic mass is 79.9. The van der Waals surface area contributed by atoms with Gasteiger partial charge < -0.3 is 10.4 Å². The van der Waals surface area contributed by atoms with Gasteiger partial charge in [0.2, 0.25) is 0 Å². The molecule has 0 amide bonds. The molecule has 1 aromatic heterocycles. The molecular weight excluding hydrogens is 310 g/mol. The van der Waals surface area contributed by atoms with Crippen molar-refractivity contribution in [3.05, 3.63) is 58.1 Å². The van der Waals surface area contributed by atoms with Gasteiger partial charge in [0.15, 0.2) is 0 Å². The van der Waals surface area contributed by atoms with Crippen LogP contribution in [0.25, 0.3) is 0 Å². The Kier molecular flexibility index (Phi) is 4.59. The summed E-state index contributed by atoms with van der Waals surface area (Å²) < 4.78 is 0.780. The fraction of sp³-hybridized carbons (Fsp3) is 0.154. The molecule has 98 valence electrons. The van der Waals surface area contributed by atoms with Crippen LogP contribution in [-0.2, 0) is 13.1 Å². The first kappa shape index (κ1) is 13.6. The molecule has 0 unspecified atom stereocenters. The van der Waals surface area contributed by atoms with Crippen molar-refractivity contribution < 1.29 is 9.90 Å². The molecule has 0 fully saturated rings. The van der Waals surface area contributed by atoms with Gasteiger partial charge in [0.25, 0.3) is 0 Å². The van der Waals surface area contributed by atoms with Crippen LogP contribution in [0.15, 0.2) is 41.3 Å². The Morgan fingerprint density at radius 3 is 2.79 bits per heavy atom. The molecule has 19 heavy (non-hydrogen) atoms. The normalized spacial score (nSPS) is 10.4. The van der Waals surface area contributed by atoms with Crippen LogP contribution in [0.5, 0.6) is 0 Å². The molecule has 1 aromatic carbocycles. The number of nitrogens with one attached hydrogen (secondary N) is 1. The standard InChI is InChI=1S/C13H12BrN3O2/c14-12-5-9(13(18)19)1-2-10(12)6-16-7-11-3-4-15-8-17-11/h1-5,8,16H,6-7H2,(H,18,19). The number of nitrogens with zero attached hydrogens (tertiary/aromatic N) is 2. The third-order valence-corrected chi connectivity index (χ3v) is 3.30. The van der Waals surface area contributed by atoms with Crippen LogP contribution in [0.1, 0.15) is 21.6 Å². The van der Waals surface area contributed by atoms with Crippen molar-refractivity contribution in [3.8, 4) is 0 Å². The molecule has 0 spiro atoms. The van der Waals surface area contributed by atoms with Gasteiger partial charge in [-0.3, -0.25) is 0 Å². The minimum Gasteiger partial charge on any atom is -0.478 e. The Bertz CT molecular complexity index is 575. The number of aromatic nitrogens is 2. The Hall–Kier alpha value is -1.79. The van der Waals surface area contributed by atoms with Gasteiger partial charge in [-0.05, 0) is 23.8 Å². The van der Waals surface area contributed by atoms with Gasteiger partial charge in [0, 0.05) is 23.8 Å². The molecule has 0 saturated heterocycles. The number of aromatic carboxylic acids is 1. The van der Waals surface area contributed by atoms with Crippen molar-refractivity contribution in [2.75, 3.05) is 0 Å². The van der Waals surface area contributed by atoms with Gasteiger partial charge in [-0.25, -0.2) is 14.8 Å². The number of hydrogen-bond acceptors (Lipinski definition) is 4. The van der Waals surface area contributed by atoms with Crippen LogP contribution in [-0.4, -0.2) is 21.0 Å². The van der Waals surface area contributed by atoms with E-state index in [-0.39, 0.29) is 5.56 Å². The van der Waals surface area contributed by atoms with E-state index in [1.807, 2.05) is 6.07 Å². The Morgan fingerprint density at radius 1 is 1.32 bits per heavy atom. The van der Waals surface area contributed by atoms with E-state index < -0.39 is 5.97 Å². The first-order valence-corrected chi connectivity index (χ1v) is 6.43. The van der Waals surface area contributed by atoms with Crippen LogP contribution in [0.4, 0.5) is 0 Å². The molecule has 1 heterocycles. The number of rotatable bonds is 5. The highest BCUT2D eigenvalue weighted by Crippen LogP contribution is 2.18. The van der Waals surface area contributed by atoms with Crippen molar-refractivity contribution in [1.82, 2.24) is 15.3 Å². The molecule has 0 saturated carbocycles. The number of halogens is 1. The SMILES string of the molecule is O=C(O)c1ccc(CNCc2ccncn2)c(Br)c1. The average Bonchev–Trinajstić information content (AvgIpc) is 2.41. The maximum absolute atomic E-state index is 10.8. The maximum Gasteiger partial charge on any atom is 0.335 e. The summed E-state index contributed by atoms with van der Waals surface area (Å²) in [4.78, 5) is 18.8. The molecular formula is C13H12BrN3O2. The van der Waals surface area contributed by atoms with Crippen molar-refractivity contribution in [3.63, 3.8) is 0 Å². The number of carboxylic acids is 1. The van der Waals surface area contributed by atoms with E-state index in [0.29, 0.717) is 13.1 Å². The number of hydrogen-bond donors (Lipinski definition) is 2. The third kappa shape index (κ3) is 3.84. The lowest BCUT2D eigenvalue weighted by Gasteiger charge is -2.07. The molecule has 0 aliphatic rings. The second kappa shape index (κ2) is 6.40. The second-order valence-electron chi connectivity index (χ2n) is 3.92. The van der Waals surface area contributed by atoms with Crippen LogP contribution in [0, 0.1) is 0 Å². The van der Waals surface area contributed by atoms with Gasteiger partial charge in [0.05, 0.1) is 11.3 Å². The fourth-order valence-electron chi connectivity index (χ4n) is 1.57. The van der Waals surface area contributed by atoms with Crippen molar-refractivity contribution in [2.24, 2.45) is 0 Å². The van der Waals surface area contributed by atoms with E-state index in [4.69, 9.17) is 5.11 Å². The van der Waals surface area contributed by atoms with E-state index in [9.17, 15) is 4.79 Å². The molecule has 0 aliphatic heterocycles. The molecule has 0 atom stereocenters. The zero-order chi connectivity index (χ0) is 13.7. The minimum atomic E-state index is -0.929. The minimum absolute atomic E-state index is 0.270. The topological polar surface area (TPSA) is 75.1 Å². The molecule has 0 bridgehead atoms. The Labute approximate surface area is 118 Å². The van der Waals surface area contributed by atoms with E-state index in [1.165, 1.54) is 6.33 Å². The van der Waals surface area contributed by atoms with Crippen LogP contribution in [0.2, 0.25) is 0 Å². The number of benzene rings is 1. The summed E-state index contributed by atoms with van der Waals surface area (Å²) in [6.45, 7) is 1.26. The molecule has 0 aliphatic carbocycles. The van der Waals surface area contributed by atoms with Crippen LogP contribution >= 0.6 is 15.9 Å². The second-order valence-corrected chi connectivity index (χ2v) is 4.77. The van der Waals surface area contributed by atoms with Crippen LogP contribution < -0.4 is 5.32 Å². The first-order chi connectivity index (χ1) is 9.16. The van der Waals surface area contributed by atoms with Crippen molar-refractivity contribution >= 4 is 21.9 Å². The Balaban J connectivity index is 1.95. The summed E-state index contributed by atoms with van der Waals surface area (Å²) >= 11 is 3.37. The summed E-state index contributed by atoms with van der Waals surface area (Å²) in [6.07, 6.45) is 3.20. The first-order valence-electron chi connectivity index (χ1n) is 5.64. The van der Waals surface area contributed by atoms with Gasteiger partial charge in [-0.2, -0.15) is 0 Å². The van der Waals surface area contributed by atoms with E-state index in [1.54, 1.807) is 24.4 Å². The summed E-state index contributed by atoms with van der Waals surface area (Å²) in [6, 6.07) is 6.83. The smallest absolute Gasteiger partial charge is 0.335 e. The third-order valence-electron chi connectivity index (χ3n) is 2.56. The summed E-state index contributed by atoms with van der Waals surface area (Å²) in [5, 5.41) is 12.1. The molecule has 2 N–H and O–H groups in total. The maximum atomic E-state index is 10.8. The summed E-state index contributed by atoms with van der Waals surface area (Å²) in [7, 11) is 0. The van der Waals surface area contributed by atoms with Gasteiger partial charge in [-0.1, -0.05) is 22.0 Å². The van der Waals surface area contributed by atoms with E-state index >= 15 is 0 Å². The summed E-state index contributed by atoms with van der Waals surface area (Å²) in [5.41, 5.74) is 2.18. The summed E-state index contributed by atoms with van der Waals surface area (Å²) in [5.74, 6) is -0.929. The average molecular weight is 322 g/mol. The van der Waals surface area contributed by atoms with E-state index in [0.717, 1.165) is 15.7 Å². The largest absolute Gasteiger partial charge is 0.478 e.